The fourth-order valence-electron chi connectivity index (χ4n) is 2.73. The number of thiophene rings is 1. The van der Waals surface area contributed by atoms with Gasteiger partial charge in [-0.1, -0.05) is 12.1 Å². The number of phenols is 1. The van der Waals surface area contributed by atoms with Gasteiger partial charge in [0.1, 0.15) is 5.75 Å². The van der Waals surface area contributed by atoms with Crippen LogP contribution in [0.1, 0.15) is 11.6 Å². The molecule has 0 unspecified atom stereocenters. The van der Waals surface area contributed by atoms with Gasteiger partial charge in [-0.15, -0.1) is 11.3 Å². The summed E-state index contributed by atoms with van der Waals surface area (Å²) >= 11 is 1.52. The quantitative estimate of drug-likeness (QED) is 0.457. The number of carbonyl (C=O) groups excluding carboxylic acids is 1. The van der Waals surface area contributed by atoms with Crippen molar-refractivity contribution in [1.29, 1.82) is 0 Å². The Hall–Kier alpha value is -2.62. The molecule has 0 aliphatic heterocycles. The lowest BCUT2D eigenvalue weighted by atomic mass is 10.1. The molecule has 0 aliphatic carbocycles. The monoisotopic (exact) mass is 392 g/mol. The maximum absolute atomic E-state index is 12.5. The van der Waals surface area contributed by atoms with Gasteiger partial charge in [0, 0.05) is 4.70 Å². The number of hydroxylamine groups is 1. The molecule has 0 spiro atoms. The third-order valence-electron chi connectivity index (χ3n) is 3.85. The average Bonchev–Trinajstić information content (AvgIpc) is 3.06. The van der Waals surface area contributed by atoms with Crippen LogP contribution in [-0.4, -0.2) is 30.9 Å². The van der Waals surface area contributed by atoms with Gasteiger partial charge >= 0.3 is 0 Å². The van der Waals surface area contributed by atoms with Gasteiger partial charge in [0.25, 0.3) is 5.91 Å². The fourth-order valence-corrected chi connectivity index (χ4v) is 4.60. The van der Waals surface area contributed by atoms with E-state index in [2.05, 4.69) is 0 Å². The summed E-state index contributed by atoms with van der Waals surface area (Å²) in [4.78, 5) is 12.3. The molecule has 9 heteroatoms. The molecule has 7 nitrogen and oxygen atoms in total. The molecular weight excluding hydrogens is 376 g/mol. The molecule has 0 radical (unpaired) electrons. The smallest absolute Gasteiger partial charge is 0.271 e. The van der Waals surface area contributed by atoms with Crippen molar-refractivity contribution < 1.29 is 23.5 Å². The second kappa shape index (κ2) is 6.94. The molecule has 3 N–H and O–H groups in total. The second-order valence-corrected chi connectivity index (χ2v) is 8.48. The molecule has 0 bridgehead atoms. The van der Waals surface area contributed by atoms with E-state index in [0.717, 1.165) is 20.6 Å². The second-order valence-electron chi connectivity index (χ2n) is 5.67. The summed E-state index contributed by atoms with van der Waals surface area (Å²) in [6.45, 7) is 0. The van der Waals surface area contributed by atoms with Crippen LogP contribution in [0.5, 0.6) is 5.75 Å². The maximum atomic E-state index is 12.5. The molecule has 0 aliphatic rings. The zero-order chi connectivity index (χ0) is 18.9. The van der Waals surface area contributed by atoms with Crippen molar-refractivity contribution in [3.05, 3.63) is 59.5 Å². The van der Waals surface area contributed by atoms with Gasteiger partial charge in [-0.3, -0.25) is 14.3 Å². The molecule has 0 saturated carbocycles. The van der Waals surface area contributed by atoms with Crippen molar-refractivity contribution in [2.45, 2.75) is 6.04 Å². The number of hydrogen-bond acceptors (Lipinski definition) is 6. The molecule has 26 heavy (non-hydrogen) atoms. The zero-order valence-corrected chi connectivity index (χ0v) is 15.3. The van der Waals surface area contributed by atoms with Crippen molar-refractivity contribution in [3.63, 3.8) is 0 Å². The molecular formula is C17H16N2O5S2. The number of aromatic hydroxyl groups is 1. The predicted octanol–water partition coefficient (Wildman–Crippen LogP) is 2.62. The number of sulfonamides is 1. The summed E-state index contributed by atoms with van der Waals surface area (Å²) in [5.41, 5.74) is 2.12. The highest BCUT2D eigenvalue weighted by Crippen LogP contribution is 2.34. The standard InChI is InChI=1S/C17H16N2O5S2/c1-26(23,24)19(13-4-7-15-12(10-13)8-9-25-15)16(17(21)18-22)11-2-5-14(20)6-3-11/h2-10,16,20,22H,1H3,(H,18,21)/t16-/m1/s1. The normalized spacial score (nSPS) is 12.7. The van der Waals surface area contributed by atoms with Crippen LogP contribution in [0.4, 0.5) is 5.69 Å². The van der Waals surface area contributed by atoms with Crippen LogP contribution in [-0.2, 0) is 14.8 Å². The first-order valence-electron chi connectivity index (χ1n) is 7.51. The maximum Gasteiger partial charge on any atom is 0.271 e. The van der Waals surface area contributed by atoms with E-state index in [-0.39, 0.29) is 5.75 Å². The largest absolute Gasteiger partial charge is 0.508 e. The lowest BCUT2D eigenvalue weighted by Crippen LogP contribution is -2.42. The van der Waals surface area contributed by atoms with Crippen LogP contribution in [0.2, 0.25) is 0 Å². The molecule has 3 aromatic rings. The zero-order valence-electron chi connectivity index (χ0n) is 13.7. The number of carbonyl (C=O) groups is 1. The first-order chi connectivity index (χ1) is 12.3. The number of hydrogen-bond donors (Lipinski definition) is 3. The number of nitrogens with one attached hydrogen (secondary N) is 1. The first kappa shape index (κ1) is 18.2. The minimum Gasteiger partial charge on any atom is -0.508 e. The van der Waals surface area contributed by atoms with E-state index in [4.69, 9.17) is 5.21 Å². The summed E-state index contributed by atoms with van der Waals surface area (Å²) in [6, 6.07) is 11.1. The van der Waals surface area contributed by atoms with Crippen LogP contribution in [0.25, 0.3) is 10.1 Å². The molecule has 1 aromatic heterocycles. The van der Waals surface area contributed by atoms with E-state index < -0.39 is 22.0 Å². The van der Waals surface area contributed by atoms with Gasteiger partial charge < -0.3 is 5.11 Å². The molecule has 1 atom stereocenters. The lowest BCUT2D eigenvalue weighted by Gasteiger charge is -2.30. The molecule has 136 valence electrons. The van der Waals surface area contributed by atoms with Crippen LogP contribution in [0.3, 0.4) is 0 Å². The third-order valence-corrected chi connectivity index (χ3v) is 5.88. The minimum absolute atomic E-state index is 0.0255. The van der Waals surface area contributed by atoms with E-state index in [0.29, 0.717) is 11.3 Å². The van der Waals surface area contributed by atoms with Crippen molar-refractivity contribution >= 4 is 43.0 Å². The Kier molecular flexibility index (Phi) is 4.86. The molecule has 0 saturated heterocycles. The topological polar surface area (TPSA) is 107 Å². The number of fused-ring (bicyclic) bond motifs is 1. The fraction of sp³-hybridized carbons (Fsp3) is 0.118. The molecule has 0 fully saturated rings. The number of benzene rings is 2. The van der Waals surface area contributed by atoms with Crippen LogP contribution < -0.4 is 9.79 Å². The number of rotatable bonds is 5. The molecule has 2 aromatic carbocycles. The Bertz CT molecular complexity index is 1040. The van der Waals surface area contributed by atoms with Crippen molar-refractivity contribution in [1.82, 2.24) is 5.48 Å². The number of anilines is 1. The summed E-state index contributed by atoms with van der Waals surface area (Å²) in [5.74, 6) is -0.936. The highest BCUT2D eigenvalue weighted by Gasteiger charge is 2.34. The summed E-state index contributed by atoms with van der Waals surface area (Å²) in [6.07, 6.45) is 0.989. The van der Waals surface area contributed by atoms with E-state index in [1.807, 2.05) is 11.4 Å². The van der Waals surface area contributed by atoms with Gasteiger partial charge in [-0.2, -0.15) is 0 Å². The Morgan fingerprint density at radius 1 is 1.15 bits per heavy atom. The SMILES string of the molecule is CS(=O)(=O)N(c1ccc2sccc2c1)[C@@H](C(=O)NO)c1ccc(O)cc1. The summed E-state index contributed by atoms with van der Waals surface area (Å²) in [5, 5.41) is 21.3. The summed E-state index contributed by atoms with van der Waals surface area (Å²) in [7, 11) is -3.88. The van der Waals surface area contributed by atoms with Gasteiger partial charge in [0.15, 0.2) is 6.04 Å². The van der Waals surface area contributed by atoms with Gasteiger partial charge in [-0.25, -0.2) is 13.9 Å². The van der Waals surface area contributed by atoms with Crippen LogP contribution in [0, 0.1) is 0 Å². The number of amides is 1. The van der Waals surface area contributed by atoms with E-state index in [1.54, 1.807) is 18.2 Å². The van der Waals surface area contributed by atoms with E-state index >= 15 is 0 Å². The third kappa shape index (κ3) is 3.50. The van der Waals surface area contributed by atoms with Crippen LogP contribution in [0.15, 0.2) is 53.9 Å². The minimum atomic E-state index is -3.88. The van der Waals surface area contributed by atoms with Gasteiger partial charge in [0.2, 0.25) is 10.0 Å². The van der Waals surface area contributed by atoms with E-state index in [1.165, 1.54) is 41.1 Å². The highest BCUT2D eigenvalue weighted by molar-refractivity contribution is 7.92. The van der Waals surface area contributed by atoms with Crippen LogP contribution >= 0.6 is 11.3 Å². The first-order valence-corrected chi connectivity index (χ1v) is 10.2. The average molecular weight is 392 g/mol. The van der Waals surface area contributed by atoms with Crippen molar-refractivity contribution in [2.24, 2.45) is 0 Å². The van der Waals surface area contributed by atoms with E-state index in [9.17, 15) is 18.3 Å². The van der Waals surface area contributed by atoms with Gasteiger partial charge in [-0.05, 0) is 52.7 Å². The Morgan fingerprint density at radius 2 is 1.85 bits per heavy atom. The Morgan fingerprint density at radius 3 is 2.46 bits per heavy atom. The number of nitrogens with zero attached hydrogens (tertiary/aromatic N) is 1. The Labute approximate surface area is 154 Å². The lowest BCUT2D eigenvalue weighted by molar-refractivity contribution is -0.130. The van der Waals surface area contributed by atoms with Gasteiger partial charge in [0.05, 0.1) is 11.9 Å². The van der Waals surface area contributed by atoms with Crippen molar-refractivity contribution in [2.75, 3.05) is 10.6 Å². The molecule has 1 heterocycles. The molecule has 1 amide bonds. The predicted molar refractivity (Wildman–Crippen MR) is 99.9 cm³/mol. The Balaban J connectivity index is 2.20. The highest BCUT2D eigenvalue weighted by atomic mass is 32.2. The summed E-state index contributed by atoms with van der Waals surface area (Å²) < 4.78 is 27.0. The number of phenolic OH excluding ortho intramolecular Hbond substituents is 1. The van der Waals surface area contributed by atoms with Crippen molar-refractivity contribution in [3.8, 4) is 5.75 Å². The molecule has 3 rings (SSSR count).